The van der Waals surface area contributed by atoms with Crippen LogP contribution in [0.15, 0.2) is 0 Å². The summed E-state index contributed by atoms with van der Waals surface area (Å²) in [6, 6.07) is 0. The molecule has 0 radical (unpaired) electrons. The molecule has 0 aliphatic carbocycles. The van der Waals surface area contributed by atoms with Crippen molar-refractivity contribution in [2.24, 2.45) is 0 Å². The molecule has 1 atom stereocenters. The molecule has 1 heterocycles. The van der Waals surface area contributed by atoms with Crippen LogP contribution in [0.4, 0.5) is 0 Å². The van der Waals surface area contributed by atoms with E-state index in [9.17, 15) is 0 Å². The Kier molecular flexibility index (Phi) is 8.50. The molecule has 0 spiro atoms. The summed E-state index contributed by atoms with van der Waals surface area (Å²) in [6.45, 7) is 3.04. The maximum atomic E-state index is 5.25. The van der Waals surface area contributed by atoms with Crippen LogP contribution in [0, 0.1) is 6.42 Å². The SMILES string of the molecule is C[C@H]1C[CH-]CCO1.[Zn+][I]. The summed E-state index contributed by atoms with van der Waals surface area (Å²) in [5.41, 5.74) is 0. The Balaban J connectivity index is 0.000000291. The molecule has 0 N–H and O–H groups in total. The van der Waals surface area contributed by atoms with Crippen LogP contribution in [0.5, 0.6) is 0 Å². The van der Waals surface area contributed by atoms with Crippen molar-refractivity contribution in [3.8, 4) is 0 Å². The fourth-order valence-corrected chi connectivity index (χ4v) is 0.773. The predicted molar refractivity (Wildman–Crippen MR) is 43.0 cm³/mol. The zero-order valence-corrected chi connectivity index (χ0v) is 10.9. The zero-order chi connectivity index (χ0) is 7.11. The molecule has 1 nitrogen and oxygen atoms in total. The molecular weight excluding hydrogens is 280 g/mol. The third-order valence-electron chi connectivity index (χ3n) is 1.22. The van der Waals surface area contributed by atoms with E-state index in [0.29, 0.717) is 6.10 Å². The van der Waals surface area contributed by atoms with Crippen molar-refractivity contribution in [1.29, 1.82) is 0 Å². The molecule has 1 aliphatic heterocycles. The molecule has 0 aromatic rings. The van der Waals surface area contributed by atoms with Crippen molar-refractivity contribution in [1.82, 2.24) is 0 Å². The molecule has 1 rings (SSSR count). The second-order valence-corrected chi connectivity index (χ2v) is 1.99. The van der Waals surface area contributed by atoms with Crippen molar-refractivity contribution in [3.05, 3.63) is 6.42 Å². The molecule has 50 valence electrons. The van der Waals surface area contributed by atoms with Crippen LogP contribution in [0.25, 0.3) is 0 Å². The topological polar surface area (TPSA) is 9.23 Å². The van der Waals surface area contributed by atoms with E-state index in [0.717, 1.165) is 19.4 Å². The number of hydrogen-bond acceptors (Lipinski definition) is 1. The van der Waals surface area contributed by atoms with Gasteiger partial charge < -0.3 is 11.2 Å². The van der Waals surface area contributed by atoms with E-state index < -0.39 is 0 Å². The number of ether oxygens (including phenoxy) is 1. The van der Waals surface area contributed by atoms with Gasteiger partial charge in [0.05, 0.1) is 0 Å². The van der Waals surface area contributed by atoms with Crippen molar-refractivity contribution in [3.63, 3.8) is 0 Å². The molecule has 0 amide bonds. The van der Waals surface area contributed by atoms with Gasteiger partial charge >= 0.3 is 34.5 Å². The van der Waals surface area contributed by atoms with Crippen molar-refractivity contribution in [2.75, 3.05) is 6.61 Å². The molecule has 9 heavy (non-hydrogen) atoms. The standard InChI is InChI=1S/C6H11O.HI.Zn/c1-6-4-2-3-5-7-6;;/h2,6H,3-5H2,1H3;1H;/q-1;;+2/p-1/t6-;;/m0../s1. The van der Waals surface area contributed by atoms with Gasteiger partial charge in [-0.15, -0.1) is 0 Å². The quantitative estimate of drug-likeness (QED) is 0.378. The third kappa shape index (κ3) is 5.74. The minimum atomic E-state index is 0.480. The van der Waals surface area contributed by atoms with E-state index in [4.69, 9.17) is 4.74 Å². The fourth-order valence-electron chi connectivity index (χ4n) is 0.773. The zero-order valence-electron chi connectivity index (χ0n) is 5.77. The van der Waals surface area contributed by atoms with Gasteiger partial charge in [-0.2, -0.15) is 12.8 Å². The minimum absolute atomic E-state index is 0.480. The molecule has 1 fully saturated rings. The summed E-state index contributed by atoms with van der Waals surface area (Å²) >= 11 is 3.62. The van der Waals surface area contributed by atoms with Crippen LogP contribution in [0.2, 0.25) is 0 Å². The second-order valence-electron chi connectivity index (χ2n) is 1.99. The predicted octanol–water partition coefficient (Wildman–Crippen LogP) is 2.27. The van der Waals surface area contributed by atoms with E-state index >= 15 is 0 Å². The van der Waals surface area contributed by atoms with Crippen molar-refractivity contribution in [2.45, 2.75) is 25.9 Å². The van der Waals surface area contributed by atoms with Gasteiger partial charge in [-0.1, -0.05) is 0 Å². The van der Waals surface area contributed by atoms with Crippen LogP contribution in [0.1, 0.15) is 19.8 Å². The molecule has 1 saturated heterocycles. The van der Waals surface area contributed by atoms with E-state index in [-0.39, 0.29) is 0 Å². The average molecular weight is 291 g/mol. The summed E-state index contributed by atoms with van der Waals surface area (Å²) in [5.74, 6) is 0. The van der Waals surface area contributed by atoms with Crippen LogP contribution in [-0.4, -0.2) is 12.7 Å². The van der Waals surface area contributed by atoms with Crippen LogP contribution in [-0.2, 0) is 19.5 Å². The molecule has 0 saturated carbocycles. The van der Waals surface area contributed by atoms with Gasteiger partial charge in [-0.3, -0.25) is 0 Å². The summed E-state index contributed by atoms with van der Waals surface area (Å²) in [5, 5.41) is 0. The van der Waals surface area contributed by atoms with Gasteiger partial charge in [0.25, 0.3) is 0 Å². The van der Waals surface area contributed by atoms with Crippen LogP contribution in [0.3, 0.4) is 0 Å². The van der Waals surface area contributed by atoms with E-state index in [2.05, 4.69) is 33.1 Å². The Morgan fingerprint density at radius 2 is 2.33 bits per heavy atom. The van der Waals surface area contributed by atoms with Gasteiger partial charge in [0.15, 0.2) is 0 Å². The maximum absolute atomic E-state index is 5.25. The Morgan fingerprint density at radius 1 is 1.67 bits per heavy atom. The summed E-state index contributed by atoms with van der Waals surface area (Å²) in [7, 11) is 0. The average Bonchev–Trinajstić information content (AvgIpc) is 1.94. The molecular formula is C6H11IOZn. The molecule has 0 unspecified atom stereocenters. The van der Waals surface area contributed by atoms with E-state index in [1.807, 2.05) is 0 Å². The molecule has 0 aromatic heterocycles. The van der Waals surface area contributed by atoms with Crippen molar-refractivity contribution >= 4 is 19.8 Å². The second kappa shape index (κ2) is 7.42. The Labute approximate surface area is 77.8 Å². The first-order valence-corrected chi connectivity index (χ1v) is 12.1. The third-order valence-corrected chi connectivity index (χ3v) is 1.22. The van der Waals surface area contributed by atoms with Crippen molar-refractivity contribution < 1.29 is 19.5 Å². The molecule has 3 heteroatoms. The Bertz CT molecular complexity index is 55.0. The van der Waals surface area contributed by atoms with E-state index in [1.54, 1.807) is 0 Å². The van der Waals surface area contributed by atoms with Crippen LogP contribution >= 0.6 is 19.8 Å². The summed E-state index contributed by atoms with van der Waals surface area (Å²) in [4.78, 5) is 0. The van der Waals surface area contributed by atoms with Gasteiger partial charge in [-0.05, 0) is 6.92 Å². The van der Waals surface area contributed by atoms with Gasteiger partial charge in [0, 0.05) is 12.7 Å². The summed E-state index contributed by atoms with van der Waals surface area (Å²) in [6.07, 6.45) is 5.05. The Morgan fingerprint density at radius 3 is 2.56 bits per heavy atom. The molecule has 1 aliphatic rings. The number of halogens is 1. The first kappa shape index (κ1) is 10.3. The van der Waals surface area contributed by atoms with E-state index in [1.165, 1.54) is 14.8 Å². The monoisotopic (exact) mass is 290 g/mol. The first-order valence-electron chi connectivity index (χ1n) is 3.09. The fraction of sp³-hybridized carbons (Fsp3) is 0.833. The summed E-state index contributed by atoms with van der Waals surface area (Å²) < 4.78 is 5.25. The first-order chi connectivity index (χ1) is 4.39. The van der Waals surface area contributed by atoms with Gasteiger partial charge in [0.1, 0.15) is 0 Å². The Hall–Kier alpha value is 1.31. The van der Waals surface area contributed by atoms with Gasteiger partial charge in [-0.25, -0.2) is 0 Å². The normalized spacial score (nSPS) is 26.4. The van der Waals surface area contributed by atoms with Crippen LogP contribution < -0.4 is 0 Å². The molecule has 0 bridgehead atoms. The van der Waals surface area contributed by atoms with Gasteiger partial charge in [0.2, 0.25) is 0 Å². The number of hydrogen-bond donors (Lipinski definition) is 0. The number of rotatable bonds is 0. The molecule has 0 aromatic carbocycles.